The number of nitrogens with zero attached hydrogens (tertiary/aromatic N) is 2. The molecule has 1 saturated carbocycles. The average molecular weight is 405 g/mol. The van der Waals surface area contributed by atoms with Gasteiger partial charge in [-0.2, -0.15) is 0 Å². The summed E-state index contributed by atoms with van der Waals surface area (Å²) in [5.41, 5.74) is 0.347. The van der Waals surface area contributed by atoms with Gasteiger partial charge in [0, 0.05) is 30.6 Å². The number of hydrogen-bond donors (Lipinski definition) is 0. The Labute approximate surface area is 169 Å². The maximum Gasteiger partial charge on any atom is 0.410 e. The summed E-state index contributed by atoms with van der Waals surface area (Å²) < 4.78 is 16.9. The van der Waals surface area contributed by atoms with Crippen LogP contribution in [0.1, 0.15) is 20.8 Å². The Morgan fingerprint density at radius 2 is 2.00 bits per heavy atom. The van der Waals surface area contributed by atoms with Gasteiger partial charge in [0.2, 0.25) is 0 Å². The Hall–Kier alpha value is -2.21. The molecule has 1 saturated heterocycles. The van der Waals surface area contributed by atoms with E-state index in [2.05, 4.69) is 4.98 Å². The number of likely N-dealkylation sites (tertiary alicyclic amines) is 1. The Balaban J connectivity index is 1.39. The van der Waals surface area contributed by atoms with Crippen LogP contribution in [0.15, 0.2) is 24.4 Å². The quantitative estimate of drug-likeness (QED) is 0.756. The molecule has 6 nitrogen and oxygen atoms in total. The van der Waals surface area contributed by atoms with Crippen LogP contribution in [0.3, 0.4) is 0 Å². The highest BCUT2D eigenvalue weighted by Crippen LogP contribution is 2.52. The van der Waals surface area contributed by atoms with Crippen molar-refractivity contribution < 1.29 is 19.0 Å². The number of amides is 1. The summed E-state index contributed by atoms with van der Waals surface area (Å²) in [4.78, 5) is 18.4. The third-order valence-corrected chi connectivity index (χ3v) is 5.69. The zero-order valence-corrected chi connectivity index (χ0v) is 17.3. The second-order valence-corrected chi connectivity index (χ2v) is 8.91. The van der Waals surface area contributed by atoms with Gasteiger partial charge >= 0.3 is 6.09 Å². The first-order valence-corrected chi connectivity index (χ1v) is 9.87. The highest BCUT2D eigenvalue weighted by Gasteiger charge is 2.57. The van der Waals surface area contributed by atoms with Crippen LogP contribution < -0.4 is 9.47 Å². The molecule has 2 fully saturated rings. The van der Waals surface area contributed by atoms with Crippen LogP contribution in [0.5, 0.6) is 11.5 Å². The Morgan fingerprint density at radius 1 is 1.29 bits per heavy atom. The fraction of sp³-hybridized carbons (Fsp3) is 0.524. The van der Waals surface area contributed by atoms with Crippen molar-refractivity contribution in [2.45, 2.75) is 26.4 Å². The lowest BCUT2D eigenvalue weighted by molar-refractivity contribution is 0.0261. The molecule has 0 bridgehead atoms. The minimum absolute atomic E-state index is 0.227. The zero-order chi connectivity index (χ0) is 20.1. The number of halogens is 1. The van der Waals surface area contributed by atoms with Crippen LogP contribution >= 0.6 is 11.6 Å². The van der Waals surface area contributed by atoms with E-state index in [9.17, 15) is 4.79 Å². The molecule has 1 aliphatic carbocycles. The maximum absolute atomic E-state index is 12.2. The molecule has 2 aromatic rings. The molecule has 2 aliphatic rings. The lowest BCUT2D eigenvalue weighted by Gasteiger charge is -2.26. The van der Waals surface area contributed by atoms with Crippen LogP contribution in [0, 0.1) is 17.8 Å². The van der Waals surface area contributed by atoms with E-state index in [0.717, 1.165) is 29.7 Å². The van der Waals surface area contributed by atoms with Gasteiger partial charge in [-0.15, -0.1) is 0 Å². The molecular weight excluding hydrogens is 380 g/mol. The van der Waals surface area contributed by atoms with E-state index in [-0.39, 0.29) is 6.09 Å². The summed E-state index contributed by atoms with van der Waals surface area (Å²) in [6.07, 6.45) is 1.39. The fourth-order valence-corrected chi connectivity index (χ4v) is 4.15. The second kappa shape index (κ2) is 6.99. The van der Waals surface area contributed by atoms with Crippen LogP contribution in [0.2, 0.25) is 5.02 Å². The van der Waals surface area contributed by atoms with Crippen LogP contribution in [0.4, 0.5) is 4.79 Å². The van der Waals surface area contributed by atoms with E-state index >= 15 is 0 Å². The standard InChI is InChI=1S/C21H25ClN2O4/c1-21(2,3)28-20(25)24-9-14-15(10-24)16(14)11-27-19-13-7-12(26-4)5-6-18(13)23-8-17(19)22/h5-8,14-16H,9-11H2,1-4H3/t14-,15+,16?. The number of carbonyl (C=O) groups is 1. The van der Waals surface area contributed by atoms with Gasteiger partial charge in [-0.05, 0) is 50.8 Å². The summed E-state index contributed by atoms with van der Waals surface area (Å²) in [6, 6.07) is 5.65. The molecule has 0 radical (unpaired) electrons. The maximum atomic E-state index is 12.2. The predicted molar refractivity (Wildman–Crippen MR) is 107 cm³/mol. The Kier molecular flexibility index (Phi) is 4.78. The lowest BCUT2D eigenvalue weighted by Crippen LogP contribution is -2.37. The molecule has 0 spiro atoms. The Morgan fingerprint density at radius 3 is 2.64 bits per heavy atom. The van der Waals surface area contributed by atoms with E-state index in [1.165, 1.54) is 0 Å². The molecule has 4 rings (SSSR count). The van der Waals surface area contributed by atoms with Crippen LogP contribution in [0.25, 0.3) is 10.9 Å². The Bertz CT molecular complexity index is 899. The lowest BCUT2D eigenvalue weighted by atomic mass is 10.2. The number of fused-ring (bicyclic) bond motifs is 2. The molecule has 7 heteroatoms. The van der Waals surface area contributed by atoms with Crippen LogP contribution in [-0.2, 0) is 4.74 Å². The van der Waals surface area contributed by atoms with Crippen molar-refractivity contribution in [3.8, 4) is 11.5 Å². The SMILES string of the molecule is COc1ccc2ncc(Cl)c(OCC3[C@H]4CN(C(=O)OC(C)(C)C)C[C@@H]34)c2c1. The summed E-state index contributed by atoms with van der Waals surface area (Å²) in [5, 5.41) is 1.33. The number of hydrogen-bond acceptors (Lipinski definition) is 5. The van der Waals surface area contributed by atoms with Gasteiger partial charge < -0.3 is 19.1 Å². The third-order valence-electron chi connectivity index (χ3n) is 5.43. The minimum Gasteiger partial charge on any atom is -0.497 e. The van der Waals surface area contributed by atoms with Crippen molar-refractivity contribution in [3.05, 3.63) is 29.4 Å². The first-order valence-electron chi connectivity index (χ1n) is 9.50. The molecule has 1 amide bonds. The minimum atomic E-state index is -0.466. The van der Waals surface area contributed by atoms with Gasteiger partial charge in [0.25, 0.3) is 0 Å². The highest BCUT2D eigenvalue weighted by atomic mass is 35.5. The largest absolute Gasteiger partial charge is 0.497 e. The van der Waals surface area contributed by atoms with Gasteiger partial charge in [0.1, 0.15) is 22.1 Å². The predicted octanol–water partition coefficient (Wildman–Crippen LogP) is 4.39. The topological polar surface area (TPSA) is 60.9 Å². The molecule has 28 heavy (non-hydrogen) atoms. The van der Waals surface area contributed by atoms with Crippen molar-refractivity contribution in [3.63, 3.8) is 0 Å². The molecule has 1 unspecified atom stereocenters. The number of piperidine rings is 1. The fourth-order valence-electron chi connectivity index (χ4n) is 3.95. The monoisotopic (exact) mass is 404 g/mol. The third kappa shape index (κ3) is 3.70. The van der Waals surface area contributed by atoms with E-state index < -0.39 is 5.60 Å². The number of rotatable bonds is 4. The number of ether oxygens (including phenoxy) is 3. The van der Waals surface area contributed by atoms with Crippen molar-refractivity contribution in [1.82, 2.24) is 9.88 Å². The van der Waals surface area contributed by atoms with Crippen molar-refractivity contribution >= 4 is 28.6 Å². The molecule has 1 aliphatic heterocycles. The molecule has 1 aromatic heterocycles. The van der Waals surface area contributed by atoms with E-state index in [1.807, 2.05) is 39.0 Å². The second-order valence-electron chi connectivity index (χ2n) is 8.51. The molecule has 0 N–H and O–H groups in total. The first kappa shape index (κ1) is 19.1. The number of aromatic nitrogens is 1. The van der Waals surface area contributed by atoms with E-state index in [4.69, 9.17) is 25.8 Å². The zero-order valence-electron chi connectivity index (χ0n) is 16.6. The van der Waals surface area contributed by atoms with Gasteiger partial charge in [-0.3, -0.25) is 4.98 Å². The first-order chi connectivity index (χ1) is 13.3. The highest BCUT2D eigenvalue weighted by molar-refractivity contribution is 6.33. The number of carbonyl (C=O) groups excluding carboxylic acids is 1. The molecular formula is C21H25ClN2O4. The summed E-state index contributed by atoms with van der Waals surface area (Å²) >= 11 is 6.35. The van der Waals surface area contributed by atoms with Gasteiger partial charge in [0.05, 0.1) is 19.2 Å². The molecule has 2 heterocycles. The molecule has 150 valence electrons. The number of methoxy groups -OCH3 is 1. The van der Waals surface area contributed by atoms with Gasteiger partial charge in [-0.1, -0.05) is 11.6 Å². The number of benzene rings is 1. The summed E-state index contributed by atoms with van der Waals surface area (Å²) in [5.74, 6) is 2.74. The average Bonchev–Trinajstić information content (AvgIpc) is 3.08. The van der Waals surface area contributed by atoms with Gasteiger partial charge in [-0.25, -0.2) is 4.79 Å². The van der Waals surface area contributed by atoms with Crippen molar-refractivity contribution in [2.75, 3.05) is 26.8 Å². The number of pyridine rings is 1. The normalized spacial score (nSPS) is 23.5. The van der Waals surface area contributed by atoms with Crippen molar-refractivity contribution in [2.24, 2.45) is 17.8 Å². The van der Waals surface area contributed by atoms with Crippen LogP contribution in [-0.4, -0.2) is 48.4 Å². The summed E-state index contributed by atoms with van der Waals surface area (Å²) in [7, 11) is 1.63. The van der Waals surface area contributed by atoms with E-state index in [0.29, 0.717) is 35.1 Å². The summed E-state index contributed by atoms with van der Waals surface area (Å²) in [6.45, 7) is 7.69. The molecule has 1 aromatic carbocycles. The molecule has 3 atom stereocenters. The van der Waals surface area contributed by atoms with E-state index in [1.54, 1.807) is 18.2 Å². The van der Waals surface area contributed by atoms with Gasteiger partial charge in [0.15, 0.2) is 0 Å². The smallest absolute Gasteiger partial charge is 0.410 e. The van der Waals surface area contributed by atoms with Crippen molar-refractivity contribution in [1.29, 1.82) is 0 Å².